The van der Waals surface area contributed by atoms with Gasteiger partial charge in [-0.25, -0.2) is 9.64 Å². The van der Waals surface area contributed by atoms with Crippen molar-refractivity contribution in [3.05, 3.63) is 29.6 Å². The molecule has 1 aromatic heterocycles. The van der Waals surface area contributed by atoms with Crippen LogP contribution in [0.4, 0.5) is 10.5 Å². The van der Waals surface area contributed by atoms with Crippen LogP contribution in [0.15, 0.2) is 18.2 Å². The smallest absolute Gasteiger partial charge is 0.437 e. The fourth-order valence-electron chi connectivity index (χ4n) is 1.42. The Hall–Kier alpha value is -2.42. The number of hydrogen-bond donors (Lipinski definition) is 0. The van der Waals surface area contributed by atoms with Crippen molar-refractivity contribution in [2.45, 2.75) is 26.4 Å². The molecule has 6 nitrogen and oxygen atoms in total. The number of carbonyl (C=O) groups is 1. The van der Waals surface area contributed by atoms with Gasteiger partial charge in [-0.15, -0.1) is 9.78 Å². The lowest BCUT2D eigenvalue weighted by Crippen LogP contribution is -2.27. The van der Waals surface area contributed by atoms with Gasteiger partial charge < -0.3 is 4.74 Å². The van der Waals surface area contributed by atoms with Crippen molar-refractivity contribution in [2.75, 3.05) is 0 Å². The summed E-state index contributed by atoms with van der Waals surface area (Å²) in [6, 6.07) is 4.82. The first-order valence-electron chi connectivity index (χ1n) is 5.37. The lowest BCUT2D eigenvalue weighted by Gasteiger charge is -2.18. The largest absolute Gasteiger partial charge is 0.442 e. The third kappa shape index (κ3) is 2.30. The van der Waals surface area contributed by atoms with Crippen LogP contribution in [-0.2, 0) is 4.74 Å². The summed E-state index contributed by atoms with van der Waals surface area (Å²) in [6.07, 6.45) is -0.583. The molecule has 0 spiro atoms. The molecule has 0 aliphatic rings. The van der Waals surface area contributed by atoms with Crippen LogP contribution in [0.1, 0.15) is 20.8 Å². The van der Waals surface area contributed by atoms with Gasteiger partial charge in [-0.3, -0.25) is 0 Å². The number of hydrogen-bond acceptors (Lipinski definition) is 4. The Labute approximate surface area is 104 Å². The summed E-state index contributed by atoms with van der Waals surface area (Å²) in [4.78, 5) is 15.2. The molecule has 0 saturated carbocycles. The predicted octanol–water partition coefficient (Wildman–Crippen LogP) is 2.77. The highest BCUT2D eigenvalue weighted by atomic mass is 16.6. The molecule has 0 radical (unpaired) electrons. The SMILES string of the molecule is [C-]#[N+]c1ccc2c(c1)nnn2C(=O)OC(C)(C)C. The Bertz CT molecular complexity index is 646. The molecule has 18 heavy (non-hydrogen) atoms. The molecule has 0 aliphatic carbocycles. The summed E-state index contributed by atoms with van der Waals surface area (Å²) in [7, 11) is 0. The zero-order chi connectivity index (χ0) is 13.3. The van der Waals surface area contributed by atoms with Crippen LogP contribution in [-0.4, -0.2) is 26.7 Å². The maximum absolute atomic E-state index is 11.9. The van der Waals surface area contributed by atoms with Crippen LogP contribution in [0.5, 0.6) is 0 Å². The topological polar surface area (TPSA) is 61.4 Å². The first-order chi connectivity index (χ1) is 8.40. The fourth-order valence-corrected chi connectivity index (χ4v) is 1.42. The highest BCUT2D eigenvalue weighted by molar-refractivity contribution is 5.87. The van der Waals surface area contributed by atoms with Gasteiger partial charge in [0, 0.05) is 0 Å². The molecule has 0 fully saturated rings. The van der Waals surface area contributed by atoms with Crippen molar-refractivity contribution >= 4 is 22.8 Å². The minimum absolute atomic E-state index is 0.457. The van der Waals surface area contributed by atoms with E-state index in [9.17, 15) is 4.79 Å². The van der Waals surface area contributed by atoms with E-state index in [1.54, 1.807) is 39.0 Å². The van der Waals surface area contributed by atoms with E-state index in [4.69, 9.17) is 11.3 Å². The monoisotopic (exact) mass is 244 g/mol. The molecule has 0 atom stereocenters. The van der Waals surface area contributed by atoms with Crippen LogP contribution in [0, 0.1) is 6.57 Å². The van der Waals surface area contributed by atoms with Gasteiger partial charge in [0.15, 0.2) is 5.69 Å². The molecular weight excluding hydrogens is 232 g/mol. The summed E-state index contributed by atoms with van der Waals surface area (Å²) >= 11 is 0. The first-order valence-corrected chi connectivity index (χ1v) is 5.37. The highest BCUT2D eigenvalue weighted by Crippen LogP contribution is 2.20. The lowest BCUT2D eigenvalue weighted by molar-refractivity contribution is 0.0519. The Morgan fingerprint density at radius 2 is 2.17 bits per heavy atom. The number of aromatic nitrogens is 3. The molecule has 0 unspecified atom stereocenters. The van der Waals surface area contributed by atoms with Crippen LogP contribution in [0.3, 0.4) is 0 Å². The molecule has 0 amide bonds. The number of rotatable bonds is 0. The summed E-state index contributed by atoms with van der Waals surface area (Å²) in [5.41, 5.74) is 0.885. The Morgan fingerprint density at radius 1 is 1.44 bits per heavy atom. The first kappa shape index (κ1) is 12.0. The fraction of sp³-hybridized carbons (Fsp3) is 0.333. The number of benzene rings is 1. The predicted molar refractivity (Wildman–Crippen MR) is 65.4 cm³/mol. The number of nitrogens with zero attached hydrogens (tertiary/aromatic N) is 4. The summed E-state index contributed by atoms with van der Waals surface area (Å²) in [5, 5.41) is 7.59. The van der Waals surface area contributed by atoms with Crippen molar-refractivity contribution in [1.29, 1.82) is 0 Å². The minimum atomic E-state index is -0.591. The third-order valence-corrected chi connectivity index (χ3v) is 2.12. The van der Waals surface area contributed by atoms with Gasteiger partial charge in [0.05, 0.1) is 12.1 Å². The molecule has 1 heterocycles. The van der Waals surface area contributed by atoms with Crippen molar-refractivity contribution in [3.63, 3.8) is 0 Å². The Morgan fingerprint density at radius 3 is 2.78 bits per heavy atom. The zero-order valence-electron chi connectivity index (χ0n) is 10.3. The summed E-state index contributed by atoms with van der Waals surface area (Å²) < 4.78 is 6.30. The quantitative estimate of drug-likeness (QED) is 0.668. The summed E-state index contributed by atoms with van der Waals surface area (Å²) in [6.45, 7) is 12.2. The van der Waals surface area contributed by atoms with E-state index in [-0.39, 0.29) is 0 Å². The molecular formula is C12H12N4O2. The van der Waals surface area contributed by atoms with Gasteiger partial charge >= 0.3 is 6.09 Å². The van der Waals surface area contributed by atoms with E-state index in [0.29, 0.717) is 16.7 Å². The minimum Gasteiger partial charge on any atom is -0.442 e. The van der Waals surface area contributed by atoms with Gasteiger partial charge in [-0.05, 0) is 32.9 Å². The van der Waals surface area contributed by atoms with Gasteiger partial charge in [-0.2, -0.15) is 0 Å². The molecule has 0 bridgehead atoms. The van der Waals surface area contributed by atoms with Crippen molar-refractivity contribution in [3.8, 4) is 0 Å². The normalized spacial score (nSPS) is 11.2. The second-order valence-corrected chi connectivity index (χ2v) is 4.77. The second-order valence-electron chi connectivity index (χ2n) is 4.77. The average Bonchev–Trinajstić information content (AvgIpc) is 2.69. The molecule has 92 valence electrons. The second kappa shape index (κ2) is 4.11. The number of fused-ring (bicyclic) bond motifs is 1. The van der Waals surface area contributed by atoms with Gasteiger partial charge in [0.25, 0.3) is 0 Å². The number of carbonyl (C=O) groups excluding carboxylic acids is 1. The Kier molecular flexibility index (Phi) is 2.75. The highest BCUT2D eigenvalue weighted by Gasteiger charge is 2.20. The third-order valence-electron chi connectivity index (χ3n) is 2.12. The molecule has 0 aliphatic heterocycles. The molecule has 0 N–H and O–H groups in total. The molecule has 6 heteroatoms. The van der Waals surface area contributed by atoms with Crippen LogP contribution >= 0.6 is 0 Å². The van der Waals surface area contributed by atoms with Crippen molar-refractivity contribution in [1.82, 2.24) is 15.0 Å². The number of ether oxygens (including phenoxy) is 1. The maximum atomic E-state index is 11.9. The molecule has 1 aromatic carbocycles. The summed E-state index contributed by atoms with van der Waals surface area (Å²) in [5.74, 6) is 0. The molecule has 0 saturated heterocycles. The maximum Gasteiger partial charge on any atom is 0.437 e. The van der Waals surface area contributed by atoms with Gasteiger partial charge in [-0.1, -0.05) is 11.3 Å². The Balaban J connectivity index is 2.42. The van der Waals surface area contributed by atoms with E-state index < -0.39 is 11.7 Å². The van der Waals surface area contributed by atoms with E-state index in [1.807, 2.05) is 0 Å². The van der Waals surface area contributed by atoms with Gasteiger partial charge in [0.2, 0.25) is 0 Å². The zero-order valence-corrected chi connectivity index (χ0v) is 10.3. The lowest BCUT2D eigenvalue weighted by atomic mass is 10.2. The molecule has 2 aromatic rings. The standard InChI is InChI=1S/C12H12N4O2/c1-12(2,3)18-11(17)16-10-6-5-8(13-4)7-9(10)14-15-16/h5-7H,1-3H3. The van der Waals surface area contributed by atoms with E-state index in [1.165, 1.54) is 0 Å². The van der Waals surface area contributed by atoms with Gasteiger partial charge in [0.1, 0.15) is 11.1 Å². The van der Waals surface area contributed by atoms with Crippen molar-refractivity contribution in [2.24, 2.45) is 0 Å². The van der Waals surface area contributed by atoms with E-state index in [2.05, 4.69) is 15.2 Å². The van der Waals surface area contributed by atoms with Crippen LogP contribution < -0.4 is 0 Å². The van der Waals surface area contributed by atoms with E-state index >= 15 is 0 Å². The van der Waals surface area contributed by atoms with Crippen LogP contribution in [0.2, 0.25) is 0 Å². The molecule has 2 rings (SSSR count). The average molecular weight is 244 g/mol. The van der Waals surface area contributed by atoms with Crippen LogP contribution in [0.25, 0.3) is 15.9 Å². The van der Waals surface area contributed by atoms with Crippen molar-refractivity contribution < 1.29 is 9.53 Å². The van der Waals surface area contributed by atoms with E-state index in [0.717, 1.165) is 4.68 Å².